The monoisotopic (exact) mass is 509 g/mol. The summed E-state index contributed by atoms with van der Waals surface area (Å²) in [4.78, 5) is 11.0. The Bertz CT molecular complexity index is 1080. The third kappa shape index (κ3) is 7.10. The molecule has 3 rings (SSSR count). The van der Waals surface area contributed by atoms with Crippen molar-refractivity contribution in [3.63, 3.8) is 0 Å². The topological polar surface area (TPSA) is 62.3 Å². The van der Waals surface area contributed by atoms with Gasteiger partial charge in [0, 0.05) is 34.9 Å². The molecule has 0 radical (unpaired) electrons. The minimum Gasteiger partial charge on any atom is -0.406 e. The van der Waals surface area contributed by atoms with Gasteiger partial charge in [0.25, 0.3) is 0 Å². The second-order valence-corrected chi connectivity index (χ2v) is 8.21. The molecule has 32 heavy (non-hydrogen) atoms. The van der Waals surface area contributed by atoms with Crippen molar-refractivity contribution >= 4 is 33.4 Å². The van der Waals surface area contributed by atoms with Crippen molar-refractivity contribution in [2.45, 2.75) is 13.3 Å². The van der Waals surface area contributed by atoms with Gasteiger partial charge in [0.1, 0.15) is 11.6 Å². The zero-order valence-corrected chi connectivity index (χ0v) is 19.4. The van der Waals surface area contributed by atoms with Crippen molar-refractivity contribution in [1.82, 2.24) is 14.9 Å². The molecule has 1 aromatic heterocycles. The van der Waals surface area contributed by atoms with E-state index in [4.69, 9.17) is 0 Å². The van der Waals surface area contributed by atoms with E-state index >= 15 is 0 Å². The van der Waals surface area contributed by atoms with Gasteiger partial charge >= 0.3 is 6.36 Å². The number of alkyl halides is 3. The van der Waals surface area contributed by atoms with Crippen molar-refractivity contribution in [3.8, 4) is 17.0 Å². The molecule has 2 N–H and O–H groups in total. The van der Waals surface area contributed by atoms with E-state index in [0.717, 1.165) is 22.3 Å². The normalized spacial score (nSPS) is 11.5. The average Bonchev–Trinajstić information content (AvgIpc) is 2.69. The summed E-state index contributed by atoms with van der Waals surface area (Å²) in [6, 6.07) is 13.2. The summed E-state index contributed by atoms with van der Waals surface area (Å²) in [5, 5.41) is 6.40. The van der Waals surface area contributed by atoms with Crippen LogP contribution in [0.3, 0.4) is 0 Å². The van der Waals surface area contributed by atoms with Crippen molar-refractivity contribution in [1.29, 1.82) is 0 Å². The van der Waals surface area contributed by atoms with E-state index in [1.165, 1.54) is 18.2 Å². The molecule has 6 nitrogen and oxygen atoms in total. The molecule has 0 unspecified atom stereocenters. The lowest BCUT2D eigenvalue weighted by atomic mass is 10.1. The Balaban J connectivity index is 1.94. The number of nitrogens with zero attached hydrogens (tertiary/aromatic N) is 3. The van der Waals surface area contributed by atoms with Crippen LogP contribution in [0.15, 0.2) is 53.0 Å². The molecule has 0 aliphatic rings. The summed E-state index contributed by atoms with van der Waals surface area (Å²) in [6.07, 6.45) is -4.77. The van der Waals surface area contributed by atoms with Crippen LogP contribution in [0.25, 0.3) is 11.3 Å². The molecular formula is C22H23BrF3N5O. The maximum absolute atomic E-state index is 12.6. The van der Waals surface area contributed by atoms with Gasteiger partial charge in [0.15, 0.2) is 0 Å². The summed E-state index contributed by atoms with van der Waals surface area (Å²) < 4.78 is 42.9. The Morgan fingerprint density at radius 1 is 1.06 bits per heavy atom. The molecule has 1 heterocycles. The fourth-order valence-corrected chi connectivity index (χ4v) is 3.10. The van der Waals surface area contributed by atoms with Gasteiger partial charge in [-0.3, -0.25) is 0 Å². The van der Waals surface area contributed by atoms with Crippen LogP contribution in [0.1, 0.15) is 5.56 Å². The molecule has 2 aromatic carbocycles. The zero-order chi connectivity index (χ0) is 23.3. The third-order valence-corrected chi connectivity index (χ3v) is 5.25. The SMILES string of the molecule is Cc1cc(Nc2cc(-c3cccc(OC(F)(F)F)c3)nc(NCCN(C)C)n2)ccc1Br. The van der Waals surface area contributed by atoms with E-state index in [-0.39, 0.29) is 5.75 Å². The molecule has 0 saturated carbocycles. The van der Waals surface area contributed by atoms with Crippen molar-refractivity contribution in [3.05, 3.63) is 58.6 Å². The van der Waals surface area contributed by atoms with Crippen molar-refractivity contribution < 1.29 is 17.9 Å². The first-order valence-electron chi connectivity index (χ1n) is 9.76. The molecule has 10 heteroatoms. The first kappa shape index (κ1) is 23.8. The predicted molar refractivity (Wildman–Crippen MR) is 123 cm³/mol. The fraction of sp³-hybridized carbons (Fsp3) is 0.273. The number of ether oxygens (including phenoxy) is 1. The second kappa shape index (κ2) is 10.2. The van der Waals surface area contributed by atoms with Crippen LogP contribution in [-0.4, -0.2) is 48.4 Å². The molecule has 0 bridgehead atoms. The second-order valence-electron chi connectivity index (χ2n) is 7.36. The predicted octanol–water partition coefficient (Wildman–Crippen LogP) is 5.83. The maximum atomic E-state index is 12.6. The number of hydrogen-bond acceptors (Lipinski definition) is 6. The number of benzene rings is 2. The van der Waals surface area contributed by atoms with Crippen LogP contribution in [0.4, 0.5) is 30.6 Å². The number of halogens is 4. The third-order valence-electron chi connectivity index (χ3n) is 4.36. The average molecular weight is 510 g/mol. The Labute approximate surface area is 193 Å². The molecular weight excluding hydrogens is 487 g/mol. The summed E-state index contributed by atoms with van der Waals surface area (Å²) in [6.45, 7) is 3.34. The van der Waals surface area contributed by atoms with Gasteiger partial charge in [-0.1, -0.05) is 28.1 Å². The minimum atomic E-state index is -4.77. The van der Waals surface area contributed by atoms with Gasteiger partial charge in [0.2, 0.25) is 5.95 Å². The molecule has 0 spiro atoms. The summed E-state index contributed by atoms with van der Waals surface area (Å²) in [7, 11) is 3.90. The largest absolute Gasteiger partial charge is 0.573 e. The molecule has 0 atom stereocenters. The quantitative estimate of drug-likeness (QED) is 0.398. The lowest BCUT2D eigenvalue weighted by Crippen LogP contribution is -2.21. The van der Waals surface area contributed by atoms with Crippen LogP contribution in [0.2, 0.25) is 0 Å². The lowest BCUT2D eigenvalue weighted by Gasteiger charge is -2.14. The van der Waals surface area contributed by atoms with Gasteiger partial charge in [-0.05, 0) is 56.9 Å². The number of nitrogens with one attached hydrogen (secondary N) is 2. The zero-order valence-electron chi connectivity index (χ0n) is 17.8. The number of rotatable bonds is 8. The first-order chi connectivity index (χ1) is 15.1. The highest BCUT2D eigenvalue weighted by Crippen LogP contribution is 2.30. The highest BCUT2D eigenvalue weighted by Gasteiger charge is 2.31. The first-order valence-corrected chi connectivity index (χ1v) is 10.6. The maximum Gasteiger partial charge on any atom is 0.573 e. The summed E-state index contributed by atoms with van der Waals surface area (Å²) >= 11 is 3.48. The van der Waals surface area contributed by atoms with Gasteiger partial charge in [0.05, 0.1) is 5.69 Å². The van der Waals surface area contributed by atoms with Crippen LogP contribution in [0, 0.1) is 6.92 Å². The minimum absolute atomic E-state index is 0.311. The van der Waals surface area contributed by atoms with Crippen LogP contribution in [0.5, 0.6) is 5.75 Å². The lowest BCUT2D eigenvalue weighted by molar-refractivity contribution is -0.274. The number of likely N-dealkylation sites (N-methyl/N-ethyl adjacent to an activating group) is 1. The number of hydrogen-bond donors (Lipinski definition) is 2. The molecule has 0 amide bonds. The summed E-state index contributed by atoms with van der Waals surface area (Å²) in [5.41, 5.74) is 2.80. The van der Waals surface area contributed by atoms with E-state index in [9.17, 15) is 13.2 Å². The van der Waals surface area contributed by atoms with Gasteiger partial charge < -0.3 is 20.3 Å². The number of aryl methyl sites for hydroxylation is 1. The molecule has 0 fully saturated rings. The standard InChI is InChI=1S/C22H23BrF3N5O/c1-14-11-16(7-8-18(14)23)28-20-13-19(29-21(30-20)27-9-10-31(2)3)15-5-4-6-17(12-15)32-22(24,25)26/h4-8,11-13H,9-10H2,1-3H3,(H2,27,28,29,30). The fourth-order valence-electron chi connectivity index (χ4n) is 2.85. The Hall–Kier alpha value is -2.85. The number of anilines is 3. The molecule has 170 valence electrons. The molecule has 3 aromatic rings. The van der Waals surface area contributed by atoms with Gasteiger partial charge in [-0.2, -0.15) is 4.98 Å². The van der Waals surface area contributed by atoms with Crippen molar-refractivity contribution in [2.24, 2.45) is 0 Å². The van der Waals surface area contributed by atoms with E-state index in [0.29, 0.717) is 29.6 Å². The highest BCUT2D eigenvalue weighted by molar-refractivity contribution is 9.10. The van der Waals surface area contributed by atoms with Crippen LogP contribution in [-0.2, 0) is 0 Å². The Morgan fingerprint density at radius 3 is 2.53 bits per heavy atom. The highest BCUT2D eigenvalue weighted by atomic mass is 79.9. The van der Waals surface area contributed by atoms with E-state index in [1.54, 1.807) is 12.1 Å². The summed E-state index contributed by atoms with van der Waals surface area (Å²) in [5.74, 6) is 0.558. The van der Waals surface area contributed by atoms with Crippen LogP contribution >= 0.6 is 15.9 Å². The smallest absolute Gasteiger partial charge is 0.406 e. The Kier molecular flexibility index (Phi) is 7.57. The van der Waals surface area contributed by atoms with E-state index in [2.05, 4.69) is 41.3 Å². The molecule has 0 aliphatic heterocycles. The van der Waals surface area contributed by atoms with Crippen molar-refractivity contribution in [2.75, 3.05) is 37.8 Å². The van der Waals surface area contributed by atoms with E-state index in [1.807, 2.05) is 44.1 Å². The number of aromatic nitrogens is 2. The van der Waals surface area contributed by atoms with Gasteiger partial charge in [-0.25, -0.2) is 4.98 Å². The van der Waals surface area contributed by atoms with E-state index < -0.39 is 6.36 Å². The molecule has 0 saturated heterocycles. The van der Waals surface area contributed by atoms with Gasteiger partial charge in [-0.15, -0.1) is 13.2 Å². The van der Waals surface area contributed by atoms with Crippen LogP contribution < -0.4 is 15.4 Å². The molecule has 0 aliphatic carbocycles. The Morgan fingerprint density at radius 2 is 1.84 bits per heavy atom.